The van der Waals surface area contributed by atoms with Crippen LogP contribution in [0.3, 0.4) is 0 Å². The van der Waals surface area contributed by atoms with Crippen LogP contribution >= 0.6 is 0 Å². The van der Waals surface area contributed by atoms with E-state index in [2.05, 4.69) is 15.1 Å². The zero-order valence-electron chi connectivity index (χ0n) is 15.7. The third-order valence-electron chi connectivity index (χ3n) is 4.47. The van der Waals surface area contributed by atoms with Gasteiger partial charge in [-0.2, -0.15) is 23.3 Å². The third-order valence-corrected chi connectivity index (χ3v) is 4.47. The van der Waals surface area contributed by atoms with E-state index in [1.54, 1.807) is 43.5 Å². The molecule has 0 amide bonds. The Hall–Kier alpha value is -3.42. The fourth-order valence-corrected chi connectivity index (χ4v) is 3.06. The van der Waals surface area contributed by atoms with Gasteiger partial charge in [-0.05, 0) is 38.1 Å². The van der Waals surface area contributed by atoms with Crippen molar-refractivity contribution in [1.82, 2.24) is 19.7 Å². The Bertz CT molecular complexity index is 1150. The molecule has 0 spiro atoms. The van der Waals surface area contributed by atoms with Gasteiger partial charge in [0.05, 0.1) is 28.0 Å². The van der Waals surface area contributed by atoms with E-state index >= 15 is 0 Å². The number of nitrogens with zero attached hydrogens (tertiary/aromatic N) is 4. The number of alkyl halides is 3. The van der Waals surface area contributed by atoms with E-state index in [4.69, 9.17) is 4.74 Å². The second-order valence-electron chi connectivity index (χ2n) is 6.65. The second kappa shape index (κ2) is 7.20. The molecule has 4 aromatic rings. The van der Waals surface area contributed by atoms with Crippen LogP contribution in [0.15, 0.2) is 54.7 Å². The zero-order chi connectivity index (χ0) is 20.6. The van der Waals surface area contributed by atoms with Gasteiger partial charge in [0, 0.05) is 12.3 Å². The lowest BCUT2D eigenvalue weighted by Crippen LogP contribution is -2.09. The van der Waals surface area contributed by atoms with Gasteiger partial charge in [-0.3, -0.25) is 4.98 Å². The summed E-state index contributed by atoms with van der Waals surface area (Å²) < 4.78 is 48.3. The number of pyridine rings is 2. The average Bonchev–Trinajstić information content (AvgIpc) is 3.03. The summed E-state index contributed by atoms with van der Waals surface area (Å²) in [4.78, 5) is 8.45. The van der Waals surface area contributed by atoms with Crippen LogP contribution in [-0.2, 0) is 12.8 Å². The fourth-order valence-electron chi connectivity index (χ4n) is 3.06. The van der Waals surface area contributed by atoms with Crippen LogP contribution in [0, 0.1) is 13.8 Å². The highest BCUT2D eigenvalue weighted by Crippen LogP contribution is 2.38. The van der Waals surface area contributed by atoms with Crippen molar-refractivity contribution in [3.8, 4) is 11.6 Å². The molecule has 148 valence electrons. The molecule has 0 saturated heterocycles. The summed E-state index contributed by atoms with van der Waals surface area (Å²) in [6.45, 7) is 3.48. The van der Waals surface area contributed by atoms with Crippen LogP contribution in [0.5, 0.6) is 5.88 Å². The smallest absolute Gasteiger partial charge is 0.417 e. The molecule has 0 aliphatic carbocycles. The number of hydrogen-bond acceptors (Lipinski definition) is 4. The Labute approximate surface area is 164 Å². The van der Waals surface area contributed by atoms with Gasteiger partial charge in [-0.1, -0.05) is 23.8 Å². The molecule has 3 aromatic heterocycles. The SMILES string of the molecule is Cc1ccc(-n2nc(C)c3c(C(F)(F)F)cc(OCc4ccccn4)nc32)cc1. The van der Waals surface area contributed by atoms with Gasteiger partial charge in [0.25, 0.3) is 0 Å². The number of ether oxygens (including phenoxy) is 1. The lowest BCUT2D eigenvalue weighted by atomic mass is 10.1. The predicted octanol–water partition coefficient (Wildman–Crippen LogP) is 5.03. The van der Waals surface area contributed by atoms with Crippen molar-refractivity contribution in [3.63, 3.8) is 0 Å². The number of aryl methyl sites for hydroxylation is 2. The van der Waals surface area contributed by atoms with Crippen molar-refractivity contribution >= 4 is 11.0 Å². The maximum atomic E-state index is 13.8. The number of benzene rings is 1. The van der Waals surface area contributed by atoms with Crippen molar-refractivity contribution in [2.24, 2.45) is 0 Å². The lowest BCUT2D eigenvalue weighted by Gasteiger charge is -2.12. The van der Waals surface area contributed by atoms with Crippen LogP contribution in [0.25, 0.3) is 16.7 Å². The van der Waals surface area contributed by atoms with Crippen LogP contribution < -0.4 is 4.74 Å². The normalized spacial score (nSPS) is 11.8. The minimum absolute atomic E-state index is 0.00823. The summed E-state index contributed by atoms with van der Waals surface area (Å²) in [5, 5.41) is 4.27. The van der Waals surface area contributed by atoms with Crippen molar-refractivity contribution in [2.45, 2.75) is 26.6 Å². The van der Waals surface area contributed by atoms with Gasteiger partial charge in [-0.25, -0.2) is 4.68 Å². The van der Waals surface area contributed by atoms with Crippen LogP contribution in [0.2, 0.25) is 0 Å². The molecule has 0 atom stereocenters. The zero-order valence-corrected chi connectivity index (χ0v) is 15.7. The van der Waals surface area contributed by atoms with Gasteiger partial charge >= 0.3 is 6.18 Å². The molecule has 5 nitrogen and oxygen atoms in total. The lowest BCUT2D eigenvalue weighted by molar-refractivity contribution is -0.136. The maximum absolute atomic E-state index is 13.8. The summed E-state index contributed by atoms with van der Waals surface area (Å²) in [5.74, 6) is -0.135. The van der Waals surface area contributed by atoms with Crippen LogP contribution in [0.4, 0.5) is 13.2 Å². The minimum atomic E-state index is -4.57. The highest BCUT2D eigenvalue weighted by molar-refractivity contribution is 5.84. The Morgan fingerprint density at radius 1 is 1.03 bits per heavy atom. The van der Waals surface area contributed by atoms with E-state index in [0.717, 1.165) is 11.6 Å². The number of halogens is 3. The van der Waals surface area contributed by atoms with Crippen LogP contribution in [0.1, 0.15) is 22.5 Å². The number of fused-ring (bicyclic) bond motifs is 1. The first-order valence-corrected chi connectivity index (χ1v) is 8.90. The Kier molecular flexibility index (Phi) is 4.70. The molecule has 4 rings (SSSR count). The average molecular weight is 398 g/mol. The highest BCUT2D eigenvalue weighted by atomic mass is 19.4. The summed E-state index contributed by atoms with van der Waals surface area (Å²) in [6.07, 6.45) is -2.98. The maximum Gasteiger partial charge on any atom is 0.417 e. The molecule has 0 saturated carbocycles. The predicted molar refractivity (Wildman–Crippen MR) is 102 cm³/mol. The standard InChI is InChI=1S/C21H17F3N4O/c1-13-6-8-16(9-7-13)28-20-19(14(2)27-28)17(21(22,23)24)11-18(26-20)29-12-15-5-3-4-10-25-15/h3-11H,12H2,1-2H3. The van der Waals surface area contributed by atoms with Crippen molar-refractivity contribution < 1.29 is 17.9 Å². The van der Waals surface area contributed by atoms with Gasteiger partial charge < -0.3 is 4.74 Å². The highest BCUT2D eigenvalue weighted by Gasteiger charge is 2.36. The van der Waals surface area contributed by atoms with E-state index in [9.17, 15) is 13.2 Å². The quantitative estimate of drug-likeness (QED) is 0.484. The molecular formula is C21H17F3N4O. The van der Waals surface area contributed by atoms with E-state index in [1.165, 1.54) is 4.68 Å². The summed E-state index contributed by atoms with van der Waals surface area (Å²) in [7, 11) is 0. The summed E-state index contributed by atoms with van der Waals surface area (Å²) in [6, 6.07) is 13.5. The Morgan fingerprint density at radius 2 is 1.79 bits per heavy atom. The van der Waals surface area contributed by atoms with E-state index < -0.39 is 11.7 Å². The van der Waals surface area contributed by atoms with Crippen molar-refractivity contribution in [1.29, 1.82) is 0 Å². The third kappa shape index (κ3) is 3.78. The van der Waals surface area contributed by atoms with Gasteiger partial charge in [-0.15, -0.1) is 0 Å². The van der Waals surface area contributed by atoms with Gasteiger partial charge in [0.2, 0.25) is 5.88 Å². The fraction of sp³-hybridized carbons (Fsp3) is 0.190. The topological polar surface area (TPSA) is 52.8 Å². The molecule has 0 fully saturated rings. The Morgan fingerprint density at radius 3 is 2.45 bits per heavy atom. The molecule has 0 aliphatic rings. The molecule has 0 N–H and O–H groups in total. The van der Waals surface area contributed by atoms with Gasteiger partial charge in [0.15, 0.2) is 5.65 Å². The Balaban J connectivity index is 1.85. The van der Waals surface area contributed by atoms with E-state index in [0.29, 0.717) is 11.4 Å². The molecule has 0 radical (unpaired) electrons. The van der Waals surface area contributed by atoms with Crippen molar-refractivity contribution in [3.05, 3.63) is 77.2 Å². The monoisotopic (exact) mass is 398 g/mol. The first-order valence-electron chi connectivity index (χ1n) is 8.90. The molecule has 1 aromatic carbocycles. The van der Waals surface area contributed by atoms with Crippen LogP contribution in [-0.4, -0.2) is 19.7 Å². The molecule has 0 unspecified atom stereocenters. The minimum Gasteiger partial charge on any atom is -0.471 e. The van der Waals surface area contributed by atoms with E-state index in [-0.39, 0.29) is 29.2 Å². The molecule has 3 heterocycles. The molecule has 0 bridgehead atoms. The molecular weight excluding hydrogens is 381 g/mol. The van der Waals surface area contributed by atoms with Gasteiger partial charge in [0.1, 0.15) is 6.61 Å². The first kappa shape index (κ1) is 18.9. The van der Waals surface area contributed by atoms with Crippen molar-refractivity contribution in [2.75, 3.05) is 0 Å². The summed E-state index contributed by atoms with van der Waals surface area (Å²) in [5.41, 5.74) is 1.76. The summed E-state index contributed by atoms with van der Waals surface area (Å²) >= 11 is 0. The molecule has 8 heteroatoms. The number of aromatic nitrogens is 4. The second-order valence-corrected chi connectivity index (χ2v) is 6.65. The number of rotatable bonds is 4. The largest absolute Gasteiger partial charge is 0.471 e. The number of hydrogen-bond donors (Lipinski definition) is 0. The first-order chi connectivity index (χ1) is 13.8. The molecule has 0 aliphatic heterocycles. The van der Waals surface area contributed by atoms with E-state index in [1.807, 2.05) is 19.1 Å². The molecule has 29 heavy (non-hydrogen) atoms.